The van der Waals surface area contributed by atoms with Crippen molar-refractivity contribution >= 4 is 28.7 Å². The zero-order valence-electron chi connectivity index (χ0n) is 22.7. The van der Waals surface area contributed by atoms with E-state index in [1.165, 1.54) is 12.8 Å². The summed E-state index contributed by atoms with van der Waals surface area (Å²) in [5.41, 5.74) is 2.54. The van der Waals surface area contributed by atoms with E-state index in [1.807, 2.05) is 6.07 Å². The first kappa shape index (κ1) is 25.8. The molecule has 13 nitrogen and oxygen atoms in total. The predicted molar refractivity (Wildman–Crippen MR) is 149 cm³/mol. The highest BCUT2D eigenvalue weighted by Gasteiger charge is 2.35. The molecule has 1 saturated carbocycles. The summed E-state index contributed by atoms with van der Waals surface area (Å²) in [6.45, 7) is 5.66. The van der Waals surface area contributed by atoms with Gasteiger partial charge >= 0.3 is 5.76 Å². The number of pyridine rings is 1. The van der Waals surface area contributed by atoms with E-state index in [1.54, 1.807) is 19.3 Å². The van der Waals surface area contributed by atoms with E-state index in [0.29, 0.717) is 39.6 Å². The highest BCUT2D eigenvalue weighted by atomic mass is 35.5. The molecule has 0 aromatic carbocycles. The first-order chi connectivity index (χ1) is 19.9. The summed E-state index contributed by atoms with van der Waals surface area (Å²) < 4.78 is 12.9. The van der Waals surface area contributed by atoms with E-state index in [0.717, 1.165) is 56.2 Å². The summed E-state index contributed by atoms with van der Waals surface area (Å²) in [4.78, 5) is 35.6. The maximum Gasteiger partial charge on any atom is 0.439 e. The molecule has 1 aliphatic carbocycles. The van der Waals surface area contributed by atoms with Crippen molar-refractivity contribution in [1.82, 2.24) is 44.8 Å². The molecular weight excluding hydrogens is 548 g/mol. The molecule has 1 aliphatic heterocycles. The smallest absolute Gasteiger partial charge is 0.423 e. The number of nitrogens with zero attached hydrogens (tertiary/aromatic N) is 9. The summed E-state index contributed by atoms with van der Waals surface area (Å²) in [5, 5.41) is 12.7. The number of nitrogens with one attached hydrogen (secondary N) is 1. The van der Waals surface area contributed by atoms with E-state index in [2.05, 4.69) is 41.7 Å². The zero-order valence-corrected chi connectivity index (χ0v) is 23.5. The average molecular weight is 577 g/mol. The molecular formula is C27H29ClN10O3. The Morgan fingerprint density at radius 3 is 2.68 bits per heavy atom. The molecule has 2 fully saturated rings. The summed E-state index contributed by atoms with van der Waals surface area (Å²) in [5.74, 6) is 2.71. The fraction of sp³-hybridized carbons (Fsp3) is 0.481. The van der Waals surface area contributed by atoms with Crippen LogP contribution in [0.5, 0.6) is 0 Å². The third-order valence-corrected chi connectivity index (χ3v) is 8.33. The van der Waals surface area contributed by atoms with Gasteiger partial charge in [-0.05, 0) is 43.6 Å². The lowest BCUT2D eigenvalue weighted by Crippen LogP contribution is -2.28. The zero-order chi connectivity index (χ0) is 28.1. The lowest BCUT2D eigenvalue weighted by atomic mass is 9.83. The Labute approximate surface area is 239 Å². The molecule has 212 valence electrons. The first-order valence-corrected chi connectivity index (χ1v) is 14.3. The molecule has 1 N–H and O–H groups in total. The Morgan fingerprint density at radius 1 is 1.10 bits per heavy atom. The molecule has 5 aromatic heterocycles. The summed E-state index contributed by atoms with van der Waals surface area (Å²) >= 11 is 6.38. The first-order valence-electron chi connectivity index (χ1n) is 13.9. The van der Waals surface area contributed by atoms with Crippen LogP contribution in [0.3, 0.4) is 0 Å². The van der Waals surface area contributed by atoms with Crippen LogP contribution in [0, 0.1) is 18.8 Å². The van der Waals surface area contributed by atoms with Crippen molar-refractivity contribution in [2.24, 2.45) is 11.8 Å². The van der Waals surface area contributed by atoms with Gasteiger partial charge in [-0.25, -0.2) is 14.8 Å². The molecule has 2 aliphatic rings. The molecule has 0 amide bonds. The maximum absolute atomic E-state index is 11.8. The third kappa shape index (κ3) is 4.88. The number of aryl methyl sites for hydroxylation is 1. The van der Waals surface area contributed by atoms with Crippen LogP contribution in [0.1, 0.15) is 63.3 Å². The lowest BCUT2D eigenvalue weighted by molar-refractivity contribution is 0.266. The van der Waals surface area contributed by atoms with Crippen LogP contribution < -0.4 is 10.7 Å². The number of aromatic amines is 1. The summed E-state index contributed by atoms with van der Waals surface area (Å²) in [6, 6.07) is 1.71. The van der Waals surface area contributed by atoms with E-state index in [-0.39, 0.29) is 17.7 Å². The lowest BCUT2D eigenvalue weighted by Gasteiger charge is -2.29. The predicted octanol–water partition coefficient (Wildman–Crippen LogP) is 4.74. The number of hydrogen-bond donors (Lipinski definition) is 1. The molecule has 1 unspecified atom stereocenters. The van der Waals surface area contributed by atoms with Crippen molar-refractivity contribution in [3.05, 3.63) is 45.8 Å². The number of aromatic nitrogens is 9. The molecule has 6 heterocycles. The topological polar surface area (TPSA) is 158 Å². The van der Waals surface area contributed by atoms with Gasteiger partial charge in [0, 0.05) is 38.0 Å². The fourth-order valence-corrected chi connectivity index (χ4v) is 6.24. The van der Waals surface area contributed by atoms with Crippen LogP contribution in [0.4, 0.5) is 5.95 Å². The molecule has 41 heavy (non-hydrogen) atoms. The molecule has 0 bridgehead atoms. The van der Waals surface area contributed by atoms with E-state index in [9.17, 15) is 4.79 Å². The van der Waals surface area contributed by atoms with Gasteiger partial charge in [-0.15, -0.1) is 10.2 Å². The van der Waals surface area contributed by atoms with Gasteiger partial charge in [0.1, 0.15) is 17.3 Å². The Morgan fingerprint density at radius 2 is 1.95 bits per heavy atom. The Balaban J connectivity index is 1.44. The Kier molecular flexibility index (Phi) is 6.53. The van der Waals surface area contributed by atoms with Crippen molar-refractivity contribution in [3.8, 4) is 22.9 Å². The van der Waals surface area contributed by atoms with E-state index in [4.69, 9.17) is 35.5 Å². The van der Waals surface area contributed by atoms with Gasteiger partial charge in [-0.1, -0.05) is 36.5 Å². The van der Waals surface area contributed by atoms with Crippen molar-refractivity contribution in [1.29, 1.82) is 0 Å². The fourth-order valence-electron chi connectivity index (χ4n) is 6.07. The van der Waals surface area contributed by atoms with Gasteiger partial charge < -0.3 is 13.9 Å². The number of imidazole rings is 1. The highest BCUT2D eigenvalue weighted by molar-refractivity contribution is 6.30. The van der Waals surface area contributed by atoms with Crippen LogP contribution in [0.25, 0.3) is 34.1 Å². The van der Waals surface area contributed by atoms with Crippen molar-refractivity contribution in [3.63, 3.8) is 0 Å². The summed E-state index contributed by atoms with van der Waals surface area (Å²) in [6.07, 6.45) is 9.79. The molecule has 1 saturated heterocycles. The number of anilines is 1. The van der Waals surface area contributed by atoms with Crippen LogP contribution >= 0.6 is 11.6 Å². The molecule has 0 radical (unpaired) electrons. The number of halogens is 1. The number of H-pyrrole nitrogens is 1. The number of hydrogen-bond acceptors (Lipinski definition) is 11. The molecule has 1 atom stereocenters. The SMILES string of the molecule is Cc1nnc(C2CCCN2c2nc3nc(-c4noc(=O)[nH]4)nc(-c4cncc(Cl)c4)c3n2CC2CCC(C)CC2)o1. The van der Waals surface area contributed by atoms with E-state index < -0.39 is 5.76 Å². The quantitative estimate of drug-likeness (QED) is 0.297. The van der Waals surface area contributed by atoms with E-state index >= 15 is 0 Å². The van der Waals surface area contributed by atoms with Crippen LogP contribution in [0.2, 0.25) is 5.02 Å². The van der Waals surface area contributed by atoms with Gasteiger partial charge in [0.05, 0.1) is 5.02 Å². The van der Waals surface area contributed by atoms with Gasteiger partial charge in [0.15, 0.2) is 5.65 Å². The second-order valence-corrected chi connectivity index (χ2v) is 11.5. The molecule has 7 rings (SSSR count). The van der Waals surface area contributed by atoms with Gasteiger partial charge in [0.2, 0.25) is 29.4 Å². The van der Waals surface area contributed by atoms with Crippen LogP contribution in [0.15, 0.2) is 32.2 Å². The second-order valence-electron chi connectivity index (χ2n) is 11.1. The molecule has 5 aromatic rings. The number of fused-ring (bicyclic) bond motifs is 1. The van der Waals surface area contributed by atoms with Crippen molar-refractivity contribution < 1.29 is 8.94 Å². The summed E-state index contributed by atoms with van der Waals surface area (Å²) in [7, 11) is 0. The normalized spacial score (nSPS) is 21.2. The van der Waals surface area contributed by atoms with Crippen LogP contribution in [-0.4, -0.2) is 51.4 Å². The number of rotatable bonds is 6. The third-order valence-electron chi connectivity index (χ3n) is 8.13. The minimum atomic E-state index is -0.692. The van der Waals surface area contributed by atoms with Crippen molar-refractivity contribution in [2.45, 2.75) is 65.0 Å². The van der Waals surface area contributed by atoms with Crippen molar-refractivity contribution in [2.75, 3.05) is 11.4 Å². The minimum absolute atomic E-state index is 0.103. The minimum Gasteiger partial charge on any atom is -0.423 e. The van der Waals surface area contributed by atoms with Gasteiger partial charge in [0.25, 0.3) is 0 Å². The van der Waals surface area contributed by atoms with Gasteiger partial charge in [-0.3, -0.25) is 14.5 Å². The molecule has 0 spiro atoms. The highest BCUT2D eigenvalue weighted by Crippen LogP contribution is 2.40. The van der Waals surface area contributed by atoms with Crippen LogP contribution in [-0.2, 0) is 6.54 Å². The largest absolute Gasteiger partial charge is 0.439 e. The average Bonchev–Trinajstić information content (AvgIpc) is 3.76. The monoisotopic (exact) mass is 576 g/mol. The maximum atomic E-state index is 11.8. The Bertz CT molecular complexity index is 1770. The van der Waals surface area contributed by atoms with Gasteiger partial charge in [-0.2, -0.15) is 4.98 Å². The molecule has 14 heteroatoms. The Hall–Kier alpha value is -4.13. The second kappa shape index (κ2) is 10.4. The standard InChI is InChI=1S/C27H29ClN10O3/c1-14-5-7-16(8-6-14)13-38-21-20(17-10-18(28)12-29-11-17)30-23(24-33-27(39)41-36-24)31-22(21)32-26(38)37-9-3-4-19(37)25-35-34-15(2)40-25/h10-12,14,16,19H,3-9,13H2,1-2H3,(H,33,36,39).